The number of hydrogen-bond donors (Lipinski definition) is 2. The lowest BCUT2D eigenvalue weighted by atomic mass is 10.1. The molecule has 0 aliphatic rings. The van der Waals surface area contributed by atoms with Gasteiger partial charge in [0.15, 0.2) is 0 Å². The molecule has 2 N–H and O–H groups in total. The maximum Gasteiger partial charge on any atom is 0.261 e. The molecule has 0 heterocycles. The predicted molar refractivity (Wildman–Crippen MR) is 114 cm³/mol. The first-order valence-electron chi connectivity index (χ1n) is 8.63. The third-order valence-electron chi connectivity index (χ3n) is 4.14. The second-order valence-electron chi connectivity index (χ2n) is 6.30. The van der Waals surface area contributed by atoms with Crippen LogP contribution in [0.25, 0.3) is 0 Å². The molecule has 0 aliphatic carbocycles. The summed E-state index contributed by atoms with van der Waals surface area (Å²) < 4.78 is 32.7. The third-order valence-corrected chi connectivity index (χ3v) is 5.87. The van der Waals surface area contributed by atoms with E-state index < -0.39 is 15.9 Å². The van der Waals surface area contributed by atoms with Crippen LogP contribution >= 0.6 is 11.6 Å². The van der Waals surface area contributed by atoms with Crippen molar-refractivity contribution in [3.05, 3.63) is 82.9 Å². The Kier molecular flexibility index (Phi) is 6.10. The highest BCUT2D eigenvalue weighted by Crippen LogP contribution is 2.25. The molecule has 3 rings (SSSR count). The summed E-state index contributed by atoms with van der Waals surface area (Å²) in [5.41, 5.74) is 2.05. The van der Waals surface area contributed by atoms with Crippen LogP contribution in [0.4, 0.5) is 11.4 Å². The van der Waals surface area contributed by atoms with Crippen LogP contribution in [-0.4, -0.2) is 21.4 Å². The summed E-state index contributed by atoms with van der Waals surface area (Å²) in [5, 5.41) is 2.96. The molecule has 0 fully saturated rings. The van der Waals surface area contributed by atoms with Gasteiger partial charge < -0.3 is 10.1 Å². The number of sulfonamides is 1. The van der Waals surface area contributed by atoms with E-state index in [-0.39, 0.29) is 21.2 Å². The Morgan fingerprint density at radius 1 is 0.931 bits per heavy atom. The smallest absolute Gasteiger partial charge is 0.261 e. The number of hydrogen-bond acceptors (Lipinski definition) is 4. The lowest BCUT2D eigenvalue weighted by Gasteiger charge is -2.12. The van der Waals surface area contributed by atoms with E-state index in [0.29, 0.717) is 11.4 Å². The van der Waals surface area contributed by atoms with Crippen LogP contribution in [-0.2, 0) is 10.0 Å². The molecule has 150 valence electrons. The van der Waals surface area contributed by atoms with Gasteiger partial charge in [-0.1, -0.05) is 29.3 Å². The highest BCUT2D eigenvalue weighted by Gasteiger charge is 2.17. The molecule has 6 nitrogen and oxygen atoms in total. The van der Waals surface area contributed by atoms with Crippen LogP contribution in [0.15, 0.2) is 71.6 Å². The van der Waals surface area contributed by atoms with Crippen LogP contribution in [0.3, 0.4) is 0 Å². The molecule has 0 radical (unpaired) electrons. The Morgan fingerprint density at radius 2 is 1.55 bits per heavy atom. The highest BCUT2D eigenvalue weighted by atomic mass is 35.5. The zero-order chi connectivity index (χ0) is 21.0. The normalized spacial score (nSPS) is 11.0. The van der Waals surface area contributed by atoms with E-state index >= 15 is 0 Å². The van der Waals surface area contributed by atoms with Crippen molar-refractivity contribution >= 4 is 38.9 Å². The molecule has 0 spiro atoms. The monoisotopic (exact) mass is 430 g/mol. The van der Waals surface area contributed by atoms with Gasteiger partial charge in [-0.05, 0) is 61.5 Å². The molecule has 3 aromatic rings. The van der Waals surface area contributed by atoms with Crippen molar-refractivity contribution in [1.82, 2.24) is 0 Å². The van der Waals surface area contributed by atoms with Gasteiger partial charge in [-0.15, -0.1) is 0 Å². The maximum absolute atomic E-state index is 12.6. The summed E-state index contributed by atoms with van der Waals surface area (Å²) in [6.07, 6.45) is 0. The predicted octanol–water partition coefficient (Wildman–Crippen LogP) is 4.71. The quantitative estimate of drug-likeness (QED) is 0.593. The van der Waals surface area contributed by atoms with Gasteiger partial charge in [-0.2, -0.15) is 0 Å². The molecule has 0 unspecified atom stereocenters. The standard InChI is InChI=1S/C21H19ClN2O4S/c1-14-3-5-15(6-4-14)23-21(25)19-13-16(7-12-20(19)22)24-29(26,27)18-10-8-17(28-2)9-11-18/h3-13,24H,1-2H3,(H,23,25). The number of anilines is 2. The maximum atomic E-state index is 12.6. The van der Waals surface area contributed by atoms with E-state index in [1.54, 1.807) is 24.3 Å². The molecule has 29 heavy (non-hydrogen) atoms. The van der Waals surface area contributed by atoms with Crippen molar-refractivity contribution in [2.24, 2.45) is 0 Å². The first-order chi connectivity index (χ1) is 13.8. The summed E-state index contributed by atoms with van der Waals surface area (Å²) in [7, 11) is -2.34. The average Bonchev–Trinajstić information content (AvgIpc) is 2.71. The summed E-state index contributed by atoms with van der Waals surface area (Å²) in [6, 6.07) is 17.6. The largest absolute Gasteiger partial charge is 0.497 e. The fraction of sp³-hybridized carbons (Fsp3) is 0.0952. The van der Waals surface area contributed by atoms with Crippen molar-refractivity contribution in [2.45, 2.75) is 11.8 Å². The van der Waals surface area contributed by atoms with Crippen molar-refractivity contribution in [3.8, 4) is 5.75 Å². The second kappa shape index (κ2) is 8.55. The fourth-order valence-corrected chi connectivity index (χ4v) is 3.82. The summed E-state index contributed by atoms with van der Waals surface area (Å²) >= 11 is 6.15. The Bertz CT molecular complexity index is 1130. The van der Waals surface area contributed by atoms with Crippen LogP contribution in [0, 0.1) is 6.92 Å². The number of carbonyl (C=O) groups excluding carboxylic acids is 1. The lowest BCUT2D eigenvalue weighted by molar-refractivity contribution is 0.102. The first-order valence-corrected chi connectivity index (χ1v) is 10.5. The van der Waals surface area contributed by atoms with Crippen molar-refractivity contribution in [2.75, 3.05) is 17.1 Å². The average molecular weight is 431 g/mol. The Hall–Kier alpha value is -3.03. The summed E-state index contributed by atoms with van der Waals surface area (Å²) in [5.74, 6) is 0.106. The van der Waals surface area contributed by atoms with Crippen molar-refractivity contribution in [3.63, 3.8) is 0 Å². The SMILES string of the molecule is COc1ccc(S(=O)(=O)Nc2ccc(Cl)c(C(=O)Nc3ccc(C)cc3)c2)cc1. The number of benzene rings is 3. The molecule has 0 atom stereocenters. The van der Waals surface area contributed by atoms with Gasteiger partial charge in [0, 0.05) is 11.4 Å². The van der Waals surface area contributed by atoms with Crippen LogP contribution < -0.4 is 14.8 Å². The minimum absolute atomic E-state index is 0.0684. The summed E-state index contributed by atoms with van der Waals surface area (Å²) in [6.45, 7) is 1.95. The minimum atomic E-state index is -3.84. The van der Waals surface area contributed by atoms with E-state index in [1.165, 1.54) is 37.4 Å². The molecule has 0 saturated heterocycles. The van der Waals surface area contributed by atoms with Gasteiger partial charge >= 0.3 is 0 Å². The number of nitrogens with one attached hydrogen (secondary N) is 2. The Labute approximate surface area is 174 Å². The van der Waals surface area contributed by atoms with Gasteiger partial charge in [0.05, 0.1) is 22.6 Å². The molecule has 3 aromatic carbocycles. The number of halogens is 1. The number of ether oxygens (including phenoxy) is 1. The van der Waals surface area contributed by atoms with Crippen molar-refractivity contribution < 1.29 is 17.9 Å². The van der Waals surface area contributed by atoms with Gasteiger partial charge in [-0.25, -0.2) is 8.42 Å². The van der Waals surface area contributed by atoms with Gasteiger partial charge in [0.2, 0.25) is 0 Å². The van der Waals surface area contributed by atoms with Crippen LogP contribution in [0.1, 0.15) is 15.9 Å². The molecule has 0 aromatic heterocycles. The molecule has 0 bridgehead atoms. The number of amides is 1. The Morgan fingerprint density at radius 3 is 2.17 bits per heavy atom. The fourth-order valence-electron chi connectivity index (χ4n) is 2.57. The highest BCUT2D eigenvalue weighted by molar-refractivity contribution is 7.92. The van der Waals surface area contributed by atoms with Gasteiger partial charge in [0.1, 0.15) is 5.75 Å². The molecule has 0 saturated carbocycles. The lowest BCUT2D eigenvalue weighted by Crippen LogP contribution is -2.15. The topological polar surface area (TPSA) is 84.5 Å². The van der Waals surface area contributed by atoms with E-state index in [9.17, 15) is 13.2 Å². The molecule has 8 heteroatoms. The zero-order valence-electron chi connectivity index (χ0n) is 15.8. The minimum Gasteiger partial charge on any atom is -0.497 e. The van der Waals surface area contributed by atoms with Gasteiger partial charge in [-0.3, -0.25) is 9.52 Å². The first kappa shape index (κ1) is 20.7. The zero-order valence-corrected chi connectivity index (χ0v) is 17.3. The number of aryl methyl sites for hydroxylation is 1. The van der Waals surface area contributed by atoms with Gasteiger partial charge in [0.25, 0.3) is 15.9 Å². The third kappa shape index (κ3) is 5.07. The number of rotatable bonds is 6. The van der Waals surface area contributed by atoms with Crippen molar-refractivity contribution in [1.29, 1.82) is 0 Å². The molecular weight excluding hydrogens is 412 g/mol. The summed E-state index contributed by atoms with van der Waals surface area (Å²) in [4.78, 5) is 12.7. The van der Waals surface area contributed by atoms with Crippen LogP contribution in [0.2, 0.25) is 5.02 Å². The molecular formula is C21H19ClN2O4S. The van der Waals surface area contributed by atoms with E-state index in [4.69, 9.17) is 16.3 Å². The van der Waals surface area contributed by atoms with Crippen LogP contribution in [0.5, 0.6) is 5.75 Å². The van der Waals surface area contributed by atoms with E-state index in [1.807, 2.05) is 19.1 Å². The number of carbonyl (C=O) groups is 1. The van der Waals surface area contributed by atoms with E-state index in [0.717, 1.165) is 5.56 Å². The molecule has 0 aliphatic heterocycles. The Balaban J connectivity index is 1.82. The second-order valence-corrected chi connectivity index (χ2v) is 8.39. The molecule has 1 amide bonds. The van der Waals surface area contributed by atoms with E-state index in [2.05, 4.69) is 10.0 Å². The number of methoxy groups -OCH3 is 1.